The van der Waals surface area contributed by atoms with E-state index in [2.05, 4.69) is 10.3 Å². The van der Waals surface area contributed by atoms with Crippen LogP contribution in [0.2, 0.25) is 0 Å². The van der Waals surface area contributed by atoms with Gasteiger partial charge in [-0.2, -0.15) is 0 Å². The van der Waals surface area contributed by atoms with Gasteiger partial charge >= 0.3 is 12.1 Å². The van der Waals surface area contributed by atoms with Crippen molar-refractivity contribution in [3.8, 4) is 5.75 Å². The number of hydrogen-bond donors (Lipinski definition) is 1. The highest BCUT2D eigenvalue weighted by Gasteiger charge is 2.25. The van der Waals surface area contributed by atoms with Crippen LogP contribution in [0.4, 0.5) is 4.79 Å². The Bertz CT molecular complexity index is 886. The predicted molar refractivity (Wildman–Crippen MR) is 112 cm³/mol. The highest BCUT2D eigenvalue weighted by Crippen LogP contribution is 2.24. The first-order valence-electron chi connectivity index (χ1n) is 9.42. The molecule has 2 aromatic rings. The van der Waals surface area contributed by atoms with Gasteiger partial charge in [0, 0.05) is 11.8 Å². The van der Waals surface area contributed by atoms with Crippen molar-refractivity contribution in [1.82, 2.24) is 10.3 Å². The van der Waals surface area contributed by atoms with Crippen LogP contribution in [0.3, 0.4) is 0 Å². The van der Waals surface area contributed by atoms with E-state index < -0.39 is 23.7 Å². The number of benzene rings is 1. The van der Waals surface area contributed by atoms with E-state index >= 15 is 0 Å². The quantitative estimate of drug-likeness (QED) is 0.491. The molecule has 0 aliphatic carbocycles. The number of esters is 1. The molecule has 1 aromatic carbocycles. The van der Waals surface area contributed by atoms with E-state index in [1.165, 1.54) is 5.38 Å². The van der Waals surface area contributed by atoms with E-state index in [4.69, 9.17) is 14.2 Å². The second-order valence-electron chi connectivity index (χ2n) is 7.36. The molecule has 0 saturated heterocycles. The highest BCUT2D eigenvalue weighted by molar-refractivity contribution is 7.11. The molecule has 0 fully saturated rings. The minimum Gasteiger partial charge on any atom is -0.497 e. The van der Waals surface area contributed by atoms with Gasteiger partial charge in [0.2, 0.25) is 0 Å². The Kier molecular flexibility index (Phi) is 7.93. The smallest absolute Gasteiger partial charge is 0.408 e. The number of methoxy groups -OCH3 is 1. The average Bonchev–Trinajstić information content (AvgIpc) is 3.17. The van der Waals surface area contributed by atoms with Gasteiger partial charge in [0.25, 0.3) is 0 Å². The monoisotopic (exact) mass is 434 g/mol. The van der Waals surface area contributed by atoms with Crippen molar-refractivity contribution in [2.75, 3.05) is 13.7 Å². The number of thiazole rings is 1. The van der Waals surface area contributed by atoms with Crippen LogP contribution in [0.15, 0.2) is 29.6 Å². The first kappa shape index (κ1) is 23.3. The van der Waals surface area contributed by atoms with Crippen molar-refractivity contribution in [3.05, 3.63) is 45.9 Å². The molecule has 1 atom stereocenters. The van der Waals surface area contributed by atoms with Gasteiger partial charge in [-0.3, -0.25) is 4.79 Å². The summed E-state index contributed by atoms with van der Waals surface area (Å²) in [6, 6.07) is 6.37. The summed E-state index contributed by atoms with van der Waals surface area (Å²) in [5, 5.41) is 4.39. The molecule has 8 nitrogen and oxygen atoms in total. The lowest BCUT2D eigenvalue weighted by molar-refractivity contribution is 0.0497. The Labute approximate surface area is 179 Å². The standard InChI is InChI=1S/C21H26N2O6S/c1-6-28-19(25)16-12-30-18(22-16)17(24)11-15(23-20(26)29-21(2,3)4)13-7-9-14(27-5)10-8-13/h7-10,12,15H,6,11H2,1-5H3,(H,23,26). The van der Waals surface area contributed by atoms with E-state index in [1.807, 2.05) is 0 Å². The summed E-state index contributed by atoms with van der Waals surface area (Å²) in [6.07, 6.45) is -0.691. The molecule has 0 saturated carbocycles. The molecule has 1 aromatic heterocycles. The molecule has 0 spiro atoms. The fourth-order valence-corrected chi connectivity index (χ4v) is 3.25. The minimum atomic E-state index is -0.678. The molecule has 30 heavy (non-hydrogen) atoms. The van der Waals surface area contributed by atoms with Crippen LogP contribution in [0, 0.1) is 0 Å². The summed E-state index contributed by atoms with van der Waals surface area (Å²) < 4.78 is 15.4. The van der Waals surface area contributed by atoms with Gasteiger partial charge in [-0.25, -0.2) is 14.6 Å². The summed E-state index contributed by atoms with van der Waals surface area (Å²) in [5.74, 6) is -0.237. The van der Waals surface area contributed by atoms with Crippen molar-refractivity contribution < 1.29 is 28.6 Å². The summed E-state index contributed by atoms with van der Waals surface area (Å²) in [5.41, 5.74) is 0.117. The van der Waals surface area contributed by atoms with E-state index in [-0.39, 0.29) is 29.5 Å². The topological polar surface area (TPSA) is 104 Å². The second kappa shape index (κ2) is 10.2. The zero-order chi connectivity index (χ0) is 22.3. The number of nitrogens with one attached hydrogen (secondary N) is 1. The van der Waals surface area contributed by atoms with Gasteiger partial charge in [-0.15, -0.1) is 11.3 Å². The van der Waals surface area contributed by atoms with Gasteiger partial charge < -0.3 is 19.5 Å². The highest BCUT2D eigenvalue weighted by atomic mass is 32.1. The molecular formula is C21H26N2O6S. The minimum absolute atomic E-state index is 0.0542. The van der Waals surface area contributed by atoms with Crippen molar-refractivity contribution in [2.45, 2.75) is 45.8 Å². The normalized spacial score (nSPS) is 12.0. The number of hydrogen-bond acceptors (Lipinski definition) is 8. The number of ketones is 1. The number of carbonyl (C=O) groups excluding carboxylic acids is 3. The zero-order valence-corrected chi connectivity index (χ0v) is 18.5. The van der Waals surface area contributed by atoms with Gasteiger partial charge in [-0.05, 0) is 45.4 Å². The lowest BCUT2D eigenvalue weighted by Gasteiger charge is -2.23. The average molecular weight is 435 g/mol. The molecule has 1 heterocycles. The Morgan fingerprint density at radius 2 is 1.83 bits per heavy atom. The Hall–Kier alpha value is -2.94. The maximum atomic E-state index is 12.8. The number of rotatable bonds is 8. The zero-order valence-electron chi connectivity index (χ0n) is 17.7. The van der Waals surface area contributed by atoms with Crippen LogP contribution in [-0.2, 0) is 9.47 Å². The van der Waals surface area contributed by atoms with E-state index in [0.717, 1.165) is 11.3 Å². The summed E-state index contributed by atoms with van der Waals surface area (Å²) in [4.78, 5) is 41.0. The van der Waals surface area contributed by atoms with Gasteiger partial charge in [0.1, 0.15) is 11.4 Å². The fourth-order valence-electron chi connectivity index (χ4n) is 2.51. The Morgan fingerprint density at radius 3 is 2.40 bits per heavy atom. The SMILES string of the molecule is CCOC(=O)c1csc(C(=O)CC(NC(=O)OC(C)(C)C)c2ccc(OC)cc2)n1. The van der Waals surface area contributed by atoms with Crippen LogP contribution < -0.4 is 10.1 Å². The van der Waals surface area contributed by atoms with Crippen molar-refractivity contribution in [3.63, 3.8) is 0 Å². The van der Waals surface area contributed by atoms with Gasteiger partial charge in [-0.1, -0.05) is 12.1 Å². The van der Waals surface area contributed by atoms with Crippen LogP contribution >= 0.6 is 11.3 Å². The number of aromatic nitrogens is 1. The molecule has 1 amide bonds. The number of Topliss-reactive ketones (excluding diaryl/α,β-unsaturated/α-hetero) is 1. The lowest BCUT2D eigenvalue weighted by atomic mass is 10.0. The van der Waals surface area contributed by atoms with E-state index in [9.17, 15) is 14.4 Å². The first-order chi connectivity index (χ1) is 14.1. The van der Waals surface area contributed by atoms with Crippen molar-refractivity contribution >= 4 is 29.2 Å². The van der Waals surface area contributed by atoms with Crippen LogP contribution in [0.1, 0.15) is 66.0 Å². The Balaban J connectivity index is 2.20. The maximum Gasteiger partial charge on any atom is 0.408 e. The van der Waals surface area contributed by atoms with Crippen molar-refractivity contribution in [1.29, 1.82) is 0 Å². The third-order valence-corrected chi connectivity index (χ3v) is 4.71. The van der Waals surface area contributed by atoms with Crippen LogP contribution in [0.5, 0.6) is 5.75 Å². The molecule has 0 bridgehead atoms. The predicted octanol–water partition coefficient (Wildman–Crippen LogP) is 4.17. The lowest BCUT2D eigenvalue weighted by Crippen LogP contribution is -2.35. The first-order valence-corrected chi connectivity index (χ1v) is 10.3. The van der Waals surface area contributed by atoms with Crippen LogP contribution in [0.25, 0.3) is 0 Å². The maximum absolute atomic E-state index is 12.8. The summed E-state index contributed by atoms with van der Waals surface area (Å²) in [7, 11) is 1.55. The molecule has 2 rings (SSSR count). The number of nitrogens with zero attached hydrogens (tertiary/aromatic N) is 1. The van der Waals surface area contributed by atoms with Gasteiger partial charge in [0.05, 0.1) is 19.8 Å². The third kappa shape index (κ3) is 6.84. The van der Waals surface area contributed by atoms with Gasteiger partial charge in [0.15, 0.2) is 16.5 Å². The number of alkyl carbamates (subject to hydrolysis) is 1. The molecule has 0 aliphatic heterocycles. The number of carbonyl (C=O) groups is 3. The van der Waals surface area contributed by atoms with E-state index in [0.29, 0.717) is 11.3 Å². The summed E-state index contributed by atoms with van der Waals surface area (Å²) >= 11 is 1.06. The molecular weight excluding hydrogens is 408 g/mol. The molecule has 0 aliphatic rings. The largest absolute Gasteiger partial charge is 0.497 e. The molecule has 162 valence electrons. The summed E-state index contributed by atoms with van der Waals surface area (Å²) in [6.45, 7) is 7.18. The third-order valence-electron chi connectivity index (χ3n) is 3.83. The number of amides is 1. The number of ether oxygens (including phenoxy) is 3. The van der Waals surface area contributed by atoms with Crippen molar-refractivity contribution in [2.24, 2.45) is 0 Å². The molecule has 1 N–H and O–H groups in total. The molecule has 0 radical (unpaired) electrons. The molecule has 1 unspecified atom stereocenters. The van der Waals surface area contributed by atoms with Crippen LogP contribution in [-0.4, -0.2) is 42.1 Å². The molecule has 9 heteroatoms. The fraction of sp³-hybridized carbons (Fsp3) is 0.429. The van der Waals surface area contributed by atoms with E-state index in [1.54, 1.807) is 59.1 Å². The second-order valence-corrected chi connectivity index (χ2v) is 8.22. The Morgan fingerprint density at radius 1 is 1.17 bits per heavy atom.